The highest BCUT2D eigenvalue weighted by Crippen LogP contribution is 2.05. The Morgan fingerprint density at radius 3 is 2.68 bits per heavy atom. The minimum absolute atomic E-state index is 0.171. The van der Waals surface area contributed by atoms with Crippen LogP contribution < -0.4 is 11.1 Å². The zero-order chi connectivity index (χ0) is 13.7. The molecule has 0 radical (unpaired) electrons. The molecule has 0 aliphatic rings. The minimum atomic E-state index is -0.171. The second-order valence-electron chi connectivity index (χ2n) is 4.15. The summed E-state index contributed by atoms with van der Waals surface area (Å²) >= 11 is 0. The molecule has 1 aromatic heterocycles. The van der Waals surface area contributed by atoms with Gasteiger partial charge in [-0.25, -0.2) is 0 Å². The second kappa shape index (κ2) is 6.10. The first kappa shape index (κ1) is 13.2. The average Bonchev–Trinajstić information content (AvgIpc) is 2.83. The summed E-state index contributed by atoms with van der Waals surface area (Å²) < 4.78 is 4.91. The molecule has 6 heteroatoms. The Labute approximate surface area is 111 Å². The smallest absolute Gasteiger partial charge is 0.251 e. The molecule has 0 fully saturated rings. The maximum atomic E-state index is 11.9. The molecule has 100 valence electrons. The first-order valence-corrected chi connectivity index (χ1v) is 6.05. The molecule has 3 N–H and O–H groups in total. The fraction of sp³-hybridized carbons (Fsp3) is 0.308. The van der Waals surface area contributed by atoms with Crippen molar-refractivity contribution in [2.24, 2.45) is 5.73 Å². The van der Waals surface area contributed by atoms with Crippen molar-refractivity contribution in [3.8, 4) is 0 Å². The fourth-order valence-electron chi connectivity index (χ4n) is 1.66. The van der Waals surface area contributed by atoms with Gasteiger partial charge in [0.15, 0.2) is 5.82 Å². The van der Waals surface area contributed by atoms with Gasteiger partial charge in [-0.05, 0) is 37.6 Å². The highest BCUT2D eigenvalue weighted by Gasteiger charge is 2.08. The van der Waals surface area contributed by atoms with Gasteiger partial charge in [0, 0.05) is 5.56 Å². The van der Waals surface area contributed by atoms with Crippen molar-refractivity contribution in [2.45, 2.75) is 19.9 Å². The third-order valence-electron chi connectivity index (χ3n) is 2.62. The Balaban J connectivity index is 1.92. The summed E-state index contributed by atoms with van der Waals surface area (Å²) in [6, 6.07) is 7.36. The molecule has 0 aliphatic heterocycles. The van der Waals surface area contributed by atoms with E-state index in [0.717, 1.165) is 12.0 Å². The SMILES string of the molecule is Cc1noc(CNC(=O)c2ccc(CCN)cc2)n1. The van der Waals surface area contributed by atoms with Crippen LogP contribution in [0.15, 0.2) is 28.8 Å². The van der Waals surface area contributed by atoms with E-state index in [1.807, 2.05) is 12.1 Å². The molecule has 0 saturated carbocycles. The Hall–Kier alpha value is -2.21. The molecule has 0 unspecified atom stereocenters. The number of aromatic nitrogens is 2. The molecule has 6 nitrogen and oxygen atoms in total. The number of carbonyl (C=O) groups is 1. The van der Waals surface area contributed by atoms with E-state index in [9.17, 15) is 4.79 Å². The zero-order valence-electron chi connectivity index (χ0n) is 10.7. The first-order chi connectivity index (χ1) is 9.19. The summed E-state index contributed by atoms with van der Waals surface area (Å²) in [6.45, 7) is 2.55. The standard InChI is InChI=1S/C13H16N4O2/c1-9-16-12(19-17-9)8-15-13(18)11-4-2-10(3-5-11)6-7-14/h2-5H,6-8,14H2,1H3,(H,15,18). The van der Waals surface area contributed by atoms with E-state index in [1.165, 1.54) is 0 Å². The van der Waals surface area contributed by atoms with Gasteiger partial charge in [-0.1, -0.05) is 17.3 Å². The summed E-state index contributed by atoms with van der Waals surface area (Å²) in [5.74, 6) is 0.774. The number of nitrogens with one attached hydrogen (secondary N) is 1. The molecule has 0 bridgehead atoms. The number of carbonyl (C=O) groups excluding carboxylic acids is 1. The quantitative estimate of drug-likeness (QED) is 0.829. The summed E-state index contributed by atoms with van der Waals surface area (Å²) in [4.78, 5) is 15.9. The van der Waals surface area contributed by atoms with Gasteiger partial charge in [-0.2, -0.15) is 4.98 Å². The largest absolute Gasteiger partial charge is 0.343 e. The van der Waals surface area contributed by atoms with Crippen LogP contribution in [0.25, 0.3) is 0 Å². The van der Waals surface area contributed by atoms with Crippen LogP contribution in [0.5, 0.6) is 0 Å². The van der Waals surface area contributed by atoms with Crippen LogP contribution in [0.3, 0.4) is 0 Å². The molecule has 19 heavy (non-hydrogen) atoms. The van der Waals surface area contributed by atoms with Crippen molar-refractivity contribution in [2.75, 3.05) is 6.54 Å². The Bertz CT molecular complexity index is 548. The van der Waals surface area contributed by atoms with Gasteiger partial charge in [0.05, 0.1) is 6.54 Å². The monoisotopic (exact) mass is 260 g/mol. The molecule has 0 spiro atoms. The molecule has 1 aromatic carbocycles. The maximum Gasteiger partial charge on any atom is 0.251 e. The van der Waals surface area contributed by atoms with Crippen LogP contribution in [0.1, 0.15) is 27.6 Å². The first-order valence-electron chi connectivity index (χ1n) is 6.05. The zero-order valence-corrected chi connectivity index (χ0v) is 10.7. The number of nitrogens with zero attached hydrogens (tertiary/aromatic N) is 2. The third kappa shape index (κ3) is 3.62. The Morgan fingerprint density at radius 1 is 1.37 bits per heavy atom. The van der Waals surface area contributed by atoms with E-state index in [4.69, 9.17) is 10.3 Å². The lowest BCUT2D eigenvalue weighted by atomic mass is 10.1. The molecule has 2 rings (SSSR count). The van der Waals surface area contributed by atoms with Gasteiger partial charge in [0.2, 0.25) is 5.89 Å². The predicted molar refractivity (Wildman–Crippen MR) is 69.4 cm³/mol. The van der Waals surface area contributed by atoms with Crippen LogP contribution in [0, 0.1) is 6.92 Å². The van der Waals surface area contributed by atoms with Gasteiger partial charge in [-0.15, -0.1) is 0 Å². The molecule has 0 aliphatic carbocycles. The lowest BCUT2D eigenvalue weighted by Gasteiger charge is -2.04. The summed E-state index contributed by atoms with van der Waals surface area (Å²) in [7, 11) is 0. The lowest BCUT2D eigenvalue weighted by molar-refractivity contribution is 0.0946. The fourth-order valence-corrected chi connectivity index (χ4v) is 1.66. The Kier molecular flexibility index (Phi) is 4.25. The molecular weight excluding hydrogens is 244 g/mol. The van der Waals surface area contributed by atoms with Gasteiger partial charge in [0.25, 0.3) is 5.91 Å². The van der Waals surface area contributed by atoms with Crippen molar-refractivity contribution in [3.63, 3.8) is 0 Å². The second-order valence-corrected chi connectivity index (χ2v) is 4.15. The van der Waals surface area contributed by atoms with Crippen LogP contribution in [-0.4, -0.2) is 22.6 Å². The van der Waals surface area contributed by atoms with Crippen LogP contribution >= 0.6 is 0 Å². The van der Waals surface area contributed by atoms with Crippen LogP contribution in [-0.2, 0) is 13.0 Å². The van der Waals surface area contributed by atoms with Crippen LogP contribution in [0.2, 0.25) is 0 Å². The molecule has 0 saturated heterocycles. The summed E-state index contributed by atoms with van der Waals surface area (Å²) in [6.07, 6.45) is 0.809. The number of benzene rings is 1. The number of hydrogen-bond acceptors (Lipinski definition) is 5. The minimum Gasteiger partial charge on any atom is -0.343 e. The predicted octanol–water partition coefficient (Wildman–Crippen LogP) is 0.809. The topological polar surface area (TPSA) is 94.0 Å². The maximum absolute atomic E-state index is 11.9. The summed E-state index contributed by atoms with van der Waals surface area (Å²) in [5, 5.41) is 6.37. The average molecular weight is 260 g/mol. The van der Waals surface area contributed by atoms with Gasteiger partial charge in [-0.3, -0.25) is 4.79 Å². The molecule has 1 heterocycles. The highest BCUT2D eigenvalue weighted by molar-refractivity contribution is 5.94. The van der Waals surface area contributed by atoms with Crippen molar-refractivity contribution in [3.05, 3.63) is 47.1 Å². The molecule has 1 amide bonds. The lowest BCUT2D eigenvalue weighted by Crippen LogP contribution is -2.22. The number of nitrogens with two attached hydrogens (primary N) is 1. The van der Waals surface area contributed by atoms with E-state index in [1.54, 1.807) is 19.1 Å². The number of hydrogen-bond donors (Lipinski definition) is 2. The van der Waals surface area contributed by atoms with E-state index >= 15 is 0 Å². The van der Waals surface area contributed by atoms with E-state index in [-0.39, 0.29) is 12.5 Å². The highest BCUT2D eigenvalue weighted by atomic mass is 16.5. The van der Waals surface area contributed by atoms with E-state index < -0.39 is 0 Å². The Morgan fingerprint density at radius 2 is 2.11 bits per heavy atom. The van der Waals surface area contributed by atoms with Crippen LogP contribution in [0.4, 0.5) is 0 Å². The van der Waals surface area contributed by atoms with Crippen molar-refractivity contribution >= 4 is 5.91 Å². The number of rotatable bonds is 5. The molecular formula is C13H16N4O2. The van der Waals surface area contributed by atoms with Crippen molar-refractivity contribution < 1.29 is 9.32 Å². The van der Waals surface area contributed by atoms with Crippen molar-refractivity contribution in [1.29, 1.82) is 0 Å². The van der Waals surface area contributed by atoms with Crippen molar-refractivity contribution in [1.82, 2.24) is 15.5 Å². The number of aryl methyl sites for hydroxylation is 1. The van der Waals surface area contributed by atoms with E-state index in [2.05, 4.69) is 15.5 Å². The normalized spacial score (nSPS) is 10.4. The van der Waals surface area contributed by atoms with E-state index in [0.29, 0.717) is 23.8 Å². The number of amides is 1. The van der Waals surface area contributed by atoms with Gasteiger partial charge < -0.3 is 15.6 Å². The summed E-state index contributed by atoms with van der Waals surface area (Å²) in [5.41, 5.74) is 7.18. The van der Waals surface area contributed by atoms with Gasteiger partial charge >= 0.3 is 0 Å². The third-order valence-corrected chi connectivity index (χ3v) is 2.62. The van der Waals surface area contributed by atoms with Gasteiger partial charge in [0.1, 0.15) is 0 Å². The molecule has 0 atom stereocenters. The molecule has 2 aromatic rings.